The lowest BCUT2D eigenvalue weighted by Gasteiger charge is -2.27. The maximum absolute atomic E-state index is 13.7. The van der Waals surface area contributed by atoms with Crippen LogP contribution in [0, 0.1) is 5.82 Å². The monoisotopic (exact) mass is 259 g/mol. The Balaban J connectivity index is 2.15. The van der Waals surface area contributed by atoms with Gasteiger partial charge >= 0.3 is 0 Å². The van der Waals surface area contributed by atoms with Gasteiger partial charge in [0.25, 0.3) is 0 Å². The number of halogens is 2. The van der Waals surface area contributed by atoms with Crippen LogP contribution in [-0.2, 0) is 0 Å². The fourth-order valence-corrected chi connectivity index (χ4v) is 3.54. The van der Waals surface area contributed by atoms with Crippen molar-refractivity contribution >= 4 is 23.4 Å². The highest BCUT2D eigenvalue weighted by atomic mass is 35.5. The van der Waals surface area contributed by atoms with E-state index in [4.69, 9.17) is 17.3 Å². The van der Waals surface area contributed by atoms with Crippen molar-refractivity contribution in [1.29, 1.82) is 0 Å². The second-order valence-corrected chi connectivity index (χ2v) is 5.88. The standard InChI is InChI=1S/C12H15ClFNS/c13-8-4-5-9(10(14)7-8)12(15)11-3-1-2-6-16-11/h4-5,7,11-12H,1-3,6,15H2. The largest absolute Gasteiger partial charge is 0.323 e. The molecule has 1 saturated heterocycles. The maximum atomic E-state index is 13.7. The Bertz CT molecular complexity index is 366. The molecule has 0 bridgehead atoms. The van der Waals surface area contributed by atoms with Gasteiger partial charge in [-0.1, -0.05) is 24.1 Å². The van der Waals surface area contributed by atoms with Crippen LogP contribution < -0.4 is 5.73 Å². The van der Waals surface area contributed by atoms with E-state index in [0.717, 1.165) is 12.2 Å². The fourth-order valence-electron chi connectivity index (χ4n) is 2.02. The number of hydrogen-bond donors (Lipinski definition) is 1. The predicted octanol–water partition coefficient (Wildman–Crippen LogP) is 3.76. The van der Waals surface area contributed by atoms with Crippen molar-refractivity contribution in [2.45, 2.75) is 30.6 Å². The van der Waals surface area contributed by atoms with Gasteiger partial charge in [0, 0.05) is 21.9 Å². The van der Waals surface area contributed by atoms with Crippen molar-refractivity contribution in [2.24, 2.45) is 5.73 Å². The minimum absolute atomic E-state index is 0.220. The molecule has 2 rings (SSSR count). The lowest BCUT2D eigenvalue weighted by atomic mass is 10.00. The molecule has 0 radical (unpaired) electrons. The summed E-state index contributed by atoms with van der Waals surface area (Å²) < 4.78 is 13.7. The van der Waals surface area contributed by atoms with Crippen LogP contribution in [0.5, 0.6) is 0 Å². The molecule has 2 unspecified atom stereocenters. The topological polar surface area (TPSA) is 26.0 Å². The predicted molar refractivity (Wildman–Crippen MR) is 68.4 cm³/mol. The Morgan fingerprint density at radius 2 is 2.25 bits per heavy atom. The molecule has 1 aromatic rings. The quantitative estimate of drug-likeness (QED) is 0.875. The highest BCUT2D eigenvalue weighted by Crippen LogP contribution is 2.34. The van der Waals surface area contributed by atoms with Crippen molar-refractivity contribution in [3.05, 3.63) is 34.6 Å². The van der Waals surface area contributed by atoms with Crippen LogP contribution in [0.3, 0.4) is 0 Å². The molecule has 2 atom stereocenters. The number of thioether (sulfide) groups is 1. The van der Waals surface area contributed by atoms with Gasteiger partial charge in [-0.05, 0) is 30.7 Å². The van der Waals surface area contributed by atoms with Crippen molar-refractivity contribution in [2.75, 3.05) is 5.75 Å². The summed E-state index contributed by atoms with van der Waals surface area (Å²) in [5.41, 5.74) is 6.70. The summed E-state index contributed by atoms with van der Waals surface area (Å²) in [6, 6.07) is 4.53. The zero-order valence-electron chi connectivity index (χ0n) is 8.96. The number of rotatable bonds is 2. The van der Waals surface area contributed by atoms with Gasteiger partial charge in [-0.3, -0.25) is 0 Å². The third-order valence-electron chi connectivity index (χ3n) is 2.94. The third-order valence-corrected chi connectivity index (χ3v) is 4.65. The average molecular weight is 260 g/mol. The first-order chi connectivity index (χ1) is 7.68. The van der Waals surface area contributed by atoms with Gasteiger partial charge in [0.15, 0.2) is 0 Å². The van der Waals surface area contributed by atoms with E-state index in [0.29, 0.717) is 15.8 Å². The van der Waals surface area contributed by atoms with Crippen LogP contribution in [0.1, 0.15) is 30.9 Å². The smallest absolute Gasteiger partial charge is 0.129 e. The molecule has 1 aliphatic heterocycles. The first-order valence-electron chi connectivity index (χ1n) is 5.50. The van der Waals surface area contributed by atoms with Crippen molar-refractivity contribution in [3.8, 4) is 0 Å². The maximum Gasteiger partial charge on any atom is 0.129 e. The molecule has 0 spiro atoms. The number of benzene rings is 1. The lowest BCUT2D eigenvalue weighted by molar-refractivity contribution is 0.541. The SMILES string of the molecule is NC(c1ccc(Cl)cc1F)C1CCCCS1. The van der Waals surface area contributed by atoms with Gasteiger partial charge in [0.05, 0.1) is 0 Å². The first kappa shape index (κ1) is 12.2. The van der Waals surface area contributed by atoms with Gasteiger partial charge in [-0.25, -0.2) is 4.39 Å². The molecule has 0 saturated carbocycles. The van der Waals surface area contributed by atoms with Gasteiger partial charge in [-0.15, -0.1) is 0 Å². The molecule has 16 heavy (non-hydrogen) atoms. The van der Waals surface area contributed by atoms with E-state index in [1.54, 1.807) is 12.1 Å². The van der Waals surface area contributed by atoms with Gasteiger partial charge in [0.2, 0.25) is 0 Å². The van der Waals surface area contributed by atoms with Crippen molar-refractivity contribution in [3.63, 3.8) is 0 Å². The molecule has 1 aromatic carbocycles. The van der Waals surface area contributed by atoms with Crippen LogP contribution in [-0.4, -0.2) is 11.0 Å². The average Bonchev–Trinajstić information content (AvgIpc) is 2.29. The third kappa shape index (κ3) is 2.70. The lowest BCUT2D eigenvalue weighted by Crippen LogP contribution is -2.27. The van der Waals surface area contributed by atoms with E-state index < -0.39 is 0 Å². The molecule has 1 heterocycles. The summed E-state index contributed by atoms with van der Waals surface area (Å²) in [5, 5.41) is 0.758. The Morgan fingerprint density at radius 3 is 2.88 bits per heavy atom. The Morgan fingerprint density at radius 1 is 1.44 bits per heavy atom. The molecule has 0 aliphatic carbocycles. The number of hydrogen-bond acceptors (Lipinski definition) is 2. The van der Waals surface area contributed by atoms with E-state index in [2.05, 4.69) is 0 Å². The van der Waals surface area contributed by atoms with Gasteiger partial charge < -0.3 is 5.73 Å². The van der Waals surface area contributed by atoms with Crippen LogP contribution in [0.15, 0.2) is 18.2 Å². The van der Waals surface area contributed by atoms with Crippen molar-refractivity contribution < 1.29 is 4.39 Å². The minimum Gasteiger partial charge on any atom is -0.323 e. The van der Waals surface area contributed by atoms with Crippen LogP contribution in [0.4, 0.5) is 4.39 Å². The second kappa shape index (κ2) is 5.39. The summed E-state index contributed by atoms with van der Waals surface area (Å²) in [6.07, 6.45) is 3.52. The fraction of sp³-hybridized carbons (Fsp3) is 0.500. The first-order valence-corrected chi connectivity index (χ1v) is 6.93. The normalized spacial score (nSPS) is 23.1. The van der Waals surface area contributed by atoms with Gasteiger partial charge in [0.1, 0.15) is 5.82 Å². The van der Waals surface area contributed by atoms with E-state index in [1.165, 1.54) is 18.9 Å². The molecular weight excluding hydrogens is 245 g/mol. The van der Waals surface area contributed by atoms with E-state index in [9.17, 15) is 4.39 Å². The summed E-state index contributed by atoms with van der Waals surface area (Å²) in [5.74, 6) is 0.847. The minimum atomic E-state index is -0.286. The van der Waals surface area contributed by atoms with Crippen LogP contribution >= 0.6 is 23.4 Å². The molecule has 0 amide bonds. The zero-order chi connectivity index (χ0) is 11.5. The number of nitrogens with two attached hydrogens (primary N) is 1. The van der Waals surface area contributed by atoms with Gasteiger partial charge in [-0.2, -0.15) is 11.8 Å². The van der Waals surface area contributed by atoms with Crippen LogP contribution in [0.2, 0.25) is 5.02 Å². The summed E-state index contributed by atoms with van der Waals surface area (Å²) in [4.78, 5) is 0. The van der Waals surface area contributed by atoms with E-state index in [-0.39, 0.29) is 11.9 Å². The summed E-state index contributed by atoms with van der Waals surface area (Å²) >= 11 is 7.58. The molecule has 0 aromatic heterocycles. The Kier molecular flexibility index (Phi) is 4.11. The molecule has 2 N–H and O–H groups in total. The molecule has 1 nitrogen and oxygen atoms in total. The Hall–Kier alpha value is -0.250. The second-order valence-electron chi connectivity index (χ2n) is 4.10. The van der Waals surface area contributed by atoms with E-state index in [1.807, 2.05) is 11.8 Å². The molecular formula is C12H15ClFNS. The molecule has 4 heteroatoms. The Labute approximate surface area is 105 Å². The van der Waals surface area contributed by atoms with Crippen LogP contribution in [0.25, 0.3) is 0 Å². The highest BCUT2D eigenvalue weighted by Gasteiger charge is 2.24. The zero-order valence-corrected chi connectivity index (χ0v) is 10.5. The van der Waals surface area contributed by atoms with E-state index >= 15 is 0 Å². The summed E-state index contributed by atoms with van der Waals surface area (Å²) in [7, 11) is 0. The molecule has 88 valence electrons. The highest BCUT2D eigenvalue weighted by molar-refractivity contribution is 8.00. The van der Waals surface area contributed by atoms with Crippen molar-refractivity contribution in [1.82, 2.24) is 0 Å². The molecule has 1 fully saturated rings. The summed E-state index contributed by atoms with van der Waals surface area (Å²) in [6.45, 7) is 0. The molecule has 1 aliphatic rings.